The topological polar surface area (TPSA) is 45.5 Å². The molecule has 1 unspecified atom stereocenters. The average molecular weight is 304 g/mol. The molecule has 1 atom stereocenters. The van der Waals surface area contributed by atoms with E-state index in [1.165, 1.54) is 5.56 Å². The molecule has 0 saturated carbocycles. The molecule has 116 valence electrons. The lowest BCUT2D eigenvalue weighted by Crippen LogP contribution is -1.94. The fraction of sp³-hybridized carbons (Fsp3) is 0.200. The molecule has 0 bridgehead atoms. The van der Waals surface area contributed by atoms with E-state index in [4.69, 9.17) is 0 Å². The minimum absolute atomic E-state index is 0.333. The summed E-state index contributed by atoms with van der Waals surface area (Å²) in [5.74, 6) is 0. The summed E-state index contributed by atoms with van der Waals surface area (Å²) in [5.41, 5.74) is 6.19. The fourth-order valence-electron chi connectivity index (χ4n) is 3.05. The maximum atomic E-state index is 9.98. The van der Waals surface area contributed by atoms with E-state index in [1.54, 1.807) is 18.6 Å². The van der Waals surface area contributed by atoms with Gasteiger partial charge in [0.15, 0.2) is 0 Å². The lowest BCUT2D eigenvalue weighted by molar-refractivity contribution is 0.180. The highest BCUT2D eigenvalue weighted by Gasteiger charge is 2.21. The second kappa shape index (κ2) is 6.71. The van der Waals surface area contributed by atoms with Gasteiger partial charge < -0.3 is 5.11 Å². The maximum absolute atomic E-state index is 9.98. The van der Waals surface area contributed by atoms with Gasteiger partial charge in [0.1, 0.15) is 0 Å². The van der Waals surface area contributed by atoms with Crippen molar-refractivity contribution < 1.29 is 5.11 Å². The predicted octanol–water partition coefficient (Wildman–Crippen LogP) is 4.21. The number of hydrogen-bond acceptors (Lipinski definition) is 3. The van der Waals surface area contributed by atoms with E-state index in [1.807, 2.05) is 37.3 Å². The van der Waals surface area contributed by atoms with Crippen molar-refractivity contribution in [2.45, 2.75) is 25.9 Å². The number of benzene rings is 1. The zero-order valence-electron chi connectivity index (χ0n) is 13.2. The molecule has 0 radical (unpaired) electrons. The molecule has 3 heteroatoms. The molecule has 2 aromatic rings. The standard InChI is InChI=1S/C20H20N2O/c1-3-17(14-9-11-21-12-10-14)20(22-4-2)16-5-7-18-15(13-16)6-8-19(18)23/h3-5,7,9-13,19,23H,1,6,8H2,2H3/b20-17+,22-4?. The molecule has 0 aliphatic heterocycles. The number of fused-ring (bicyclic) bond motifs is 1. The van der Waals surface area contributed by atoms with Gasteiger partial charge in [-0.25, -0.2) is 0 Å². The summed E-state index contributed by atoms with van der Waals surface area (Å²) >= 11 is 0. The molecular weight excluding hydrogens is 284 g/mol. The van der Waals surface area contributed by atoms with Gasteiger partial charge in [0, 0.05) is 29.7 Å². The van der Waals surface area contributed by atoms with Gasteiger partial charge in [0.05, 0.1) is 11.8 Å². The number of aliphatic hydroxyl groups excluding tert-OH is 1. The Morgan fingerprint density at radius 3 is 2.74 bits per heavy atom. The molecule has 1 heterocycles. The van der Waals surface area contributed by atoms with Crippen LogP contribution in [0.3, 0.4) is 0 Å². The molecule has 1 aromatic carbocycles. The van der Waals surface area contributed by atoms with Gasteiger partial charge in [-0.05, 0) is 54.7 Å². The summed E-state index contributed by atoms with van der Waals surface area (Å²) in [4.78, 5) is 8.66. The van der Waals surface area contributed by atoms with Gasteiger partial charge in [0.2, 0.25) is 0 Å². The van der Waals surface area contributed by atoms with Gasteiger partial charge in [-0.1, -0.05) is 24.8 Å². The molecule has 3 nitrogen and oxygen atoms in total. The number of nitrogens with zero attached hydrogens (tertiary/aromatic N) is 2. The fourth-order valence-corrected chi connectivity index (χ4v) is 3.05. The largest absolute Gasteiger partial charge is 0.388 e. The zero-order valence-corrected chi connectivity index (χ0v) is 13.2. The number of allylic oxidation sites excluding steroid dienone is 2. The molecule has 0 spiro atoms. The normalized spacial score (nSPS) is 17.9. The van der Waals surface area contributed by atoms with Crippen LogP contribution in [0.2, 0.25) is 0 Å². The summed E-state index contributed by atoms with van der Waals surface area (Å²) in [7, 11) is 0. The quantitative estimate of drug-likeness (QED) is 0.679. The van der Waals surface area contributed by atoms with E-state index in [-0.39, 0.29) is 6.10 Å². The molecule has 1 aliphatic carbocycles. The maximum Gasteiger partial charge on any atom is 0.0795 e. The first-order valence-electron chi connectivity index (χ1n) is 7.81. The minimum atomic E-state index is -0.333. The highest BCUT2D eigenvalue weighted by atomic mass is 16.3. The Labute approximate surface area is 136 Å². The number of aromatic nitrogens is 1. The Balaban J connectivity index is 2.15. The lowest BCUT2D eigenvalue weighted by Gasteiger charge is -2.11. The van der Waals surface area contributed by atoms with Crippen LogP contribution >= 0.6 is 0 Å². The van der Waals surface area contributed by atoms with Crippen molar-refractivity contribution >= 4 is 17.5 Å². The van der Waals surface area contributed by atoms with Gasteiger partial charge in [0.25, 0.3) is 0 Å². The van der Waals surface area contributed by atoms with Crippen molar-refractivity contribution in [2.24, 2.45) is 4.99 Å². The summed E-state index contributed by atoms with van der Waals surface area (Å²) in [5, 5.41) is 9.98. The Kier molecular flexibility index (Phi) is 4.49. The van der Waals surface area contributed by atoms with Gasteiger partial charge in [-0.3, -0.25) is 9.98 Å². The van der Waals surface area contributed by atoms with Crippen LogP contribution in [0.1, 0.15) is 41.7 Å². The SMILES string of the molecule is C=C/C(=C(\N=CC)c1ccc2c(c1)CCC2O)c1ccncc1. The molecular formula is C20H20N2O. The highest BCUT2D eigenvalue weighted by Crippen LogP contribution is 2.35. The summed E-state index contributed by atoms with van der Waals surface area (Å²) in [6.45, 7) is 5.87. The third kappa shape index (κ3) is 3.01. The smallest absolute Gasteiger partial charge is 0.0795 e. The van der Waals surface area contributed by atoms with E-state index in [0.29, 0.717) is 0 Å². The Morgan fingerprint density at radius 1 is 1.26 bits per heavy atom. The third-order valence-electron chi connectivity index (χ3n) is 4.17. The summed E-state index contributed by atoms with van der Waals surface area (Å²) in [6.07, 6.45) is 8.54. The molecule has 1 aliphatic rings. The van der Waals surface area contributed by atoms with E-state index in [9.17, 15) is 5.11 Å². The minimum Gasteiger partial charge on any atom is -0.388 e. The van der Waals surface area contributed by atoms with Crippen molar-refractivity contribution in [2.75, 3.05) is 0 Å². The van der Waals surface area contributed by atoms with Crippen molar-refractivity contribution in [3.05, 3.63) is 77.6 Å². The van der Waals surface area contributed by atoms with Gasteiger partial charge in [-0.15, -0.1) is 0 Å². The first-order valence-corrected chi connectivity index (χ1v) is 7.81. The Morgan fingerprint density at radius 2 is 2.04 bits per heavy atom. The second-order valence-electron chi connectivity index (χ2n) is 5.56. The van der Waals surface area contributed by atoms with Crippen LogP contribution < -0.4 is 0 Å². The zero-order chi connectivity index (χ0) is 16.2. The summed E-state index contributed by atoms with van der Waals surface area (Å²) < 4.78 is 0. The number of pyridine rings is 1. The van der Waals surface area contributed by atoms with Crippen molar-refractivity contribution in [3.8, 4) is 0 Å². The van der Waals surface area contributed by atoms with E-state index >= 15 is 0 Å². The van der Waals surface area contributed by atoms with Gasteiger partial charge >= 0.3 is 0 Å². The number of aryl methyl sites for hydroxylation is 1. The van der Waals surface area contributed by atoms with Crippen molar-refractivity contribution in [1.29, 1.82) is 0 Å². The van der Waals surface area contributed by atoms with E-state index in [2.05, 4.69) is 22.6 Å². The predicted molar refractivity (Wildman–Crippen MR) is 95.1 cm³/mol. The Bertz CT molecular complexity index is 775. The van der Waals surface area contributed by atoms with E-state index in [0.717, 1.165) is 40.8 Å². The second-order valence-corrected chi connectivity index (χ2v) is 5.56. The average Bonchev–Trinajstić information content (AvgIpc) is 2.96. The molecule has 3 rings (SSSR count). The number of aliphatic imine (C=N–C) groups is 1. The molecule has 1 N–H and O–H groups in total. The lowest BCUT2D eigenvalue weighted by atomic mass is 9.97. The van der Waals surface area contributed by atoms with Crippen LogP contribution in [0.5, 0.6) is 0 Å². The van der Waals surface area contributed by atoms with Crippen molar-refractivity contribution in [1.82, 2.24) is 4.98 Å². The van der Waals surface area contributed by atoms with Gasteiger partial charge in [-0.2, -0.15) is 0 Å². The van der Waals surface area contributed by atoms with Crippen LogP contribution in [0.4, 0.5) is 0 Å². The molecule has 0 saturated heterocycles. The third-order valence-corrected chi connectivity index (χ3v) is 4.17. The number of rotatable bonds is 4. The first kappa shape index (κ1) is 15.4. The number of aliphatic hydroxyl groups is 1. The molecule has 23 heavy (non-hydrogen) atoms. The highest BCUT2D eigenvalue weighted by molar-refractivity contribution is 5.96. The Hall–Kier alpha value is -2.52. The van der Waals surface area contributed by atoms with Crippen molar-refractivity contribution in [3.63, 3.8) is 0 Å². The molecule has 0 amide bonds. The van der Waals surface area contributed by atoms with Crippen LogP contribution in [-0.4, -0.2) is 16.3 Å². The number of hydrogen-bond donors (Lipinski definition) is 1. The molecule has 1 aromatic heterocycles. The van der Waals surface area contributed by atoms with E-state index < -0.39 is 0 Å². The first-order chi connectivity index (χ1) is 11.2. The summed E-state index contributed by atoms with van der Waals surface area (Å²) in [6, 6.07) is 10.1. The monoisotopic (exact) mass is 304 g/mol. The van der Waals surface area contributed by atoms with Crippen LogP contribution in [-0.2, 0) is 6.42 Å². The van der Waals surface area contributed by atoms with Crippen LogP contribution in [0, 0.1) is 0 Å². The molecule has 0 fully saturated rings. The van der Waals surface area contributed by atoms with Crippen LogP contribution in [0.25, 0.3) is 11.3 Å². The van der Waals surface area contributed by atoms with Crippen LogP contribution in [0.15, 0.2) is 60.4 Å².